The third kappa shape index (κ3) is 8.32. The number of hydrogen-bond donors (Lipinski definition) is 1. The summed E-state index contributed by atoms with van der Waals surface area (Å²) in [6.07, 6.45) is 3.24. The van der Waals surface area contributed by atoms with E-state index in [2.05, 4.69) is 40.4 Å². The van der Waals surface area contributed by atoms with Gasteiger partial charge in [0.1, 0.15) is 12.4 Å². The minimum Gasteiger partial charge on any atom is -0.492 e. The number of nitrogens with one attached hydrogen (secondary N) is 1. The van der Waals surface area contributed by atoms with Crippen molar-refractivity contribution in [2.75, 3.05) is 33.0 Å². The lowest BCUT2D eigenvalue weighted by Gasteiger charge is -2.22. The molecule has 0 aliphatic carbocycles. The number of nitrogens with zero attached hydrogens (tertiary/aromatic N) is 4. The van der Waals surface area contributed by atoms with Gasteiger partial charge in [0.25, 0.3) is 0 Å². The van der Waals surface area contributed by atoms with E-state index >= 15 is 0 Å². The number of ether oxygens (including phenoxy) is 1. The van der Waals surface area contributed by atoms with E-state index in [-0.39, 0.29) is 28.9 Å². The Morgan fingerprint density at radius 2 is 1.94 bits per heavy atom. The van der Waals surface area contributed by atoms with E-state index in [1.165, 1.54) is 11.8 Å². The number of halogens is 1. The van der Waals surface area contributed by atoms with Crippen molar-refractivity contribution in [3.8, 4) is 5.75 Å². The summed E-state index contributed by atoms with van der Waals surface area (Å²) < 4.78 is 30.6. The maximum atomic E-state index is 11.5. The lowest BCUT2D eigenvalue weighted by molar-refractivity contribution is 0.327. The van der Waals surface area contributed by atoms with Crippen molar-refractivity contribution in [2.24, 2.45) is 12.0 Å². The highest BCUT2D eigenvalue weighted by Gasteiger charge is 2.15. The molecule has 1 aromatic heterocycles. The second-order valence-corrected chi connectivity index (χ2v) is 9.57. The van der Waals surface area contributed by atoms with Crippen LogP contribution in [0.15, 0.2) is 40.4 Å². The largest absolute Gasteiger partial charge is 0.492 e. The van der Waals surface area contributed by atoms with Crippen LogP contribution >= 0.6 is 24.0 Å². The zero-order chi connectivity index (χ0) is 22.3. The summed E-state index contributed by atoms with van der Waals surface area (Å²) >= 11 is 0. The molecule has 0 aliphatic rings. The summed E-state index contributed by atoms with van der Waals surface area (Å²) in [4.78, 5) is 7.00. The molecule has 0 atom stereocenters. The Balaban J connectivity index is 0.00000480. The summed E-state index contributed by atoms with van der Waals surface area (Å²) in [5.74, 6) is 1.77. The molecule has 1 heterocycles. The molecule has 0 bridgehead atoms. The first-order valence-electron chi connectivity index (χ1n) is 10.1. The van der Waals surface area contributed by atoms with Crippen molar-refractivity contribution in [2.45, 2.75) is 38.1 Å². The molecular formula is C21H34IN5O3S. The van der Waals surface area contributed by atoms with Gasteiger partial charge < -0.3 is 15.0 Å². The predicted octanol–water partition coefficient (Wildman–Crippen LogP) is 3.04. The van der Waals surface area contributed by atoms with Crippen molar-refractivity contribution < 1.29 is 13.2 Å². The number of benzene rings is 1. The number of aliphatic imine (C=N–C) groups is 1. The smallest absolute Gasteiger partial charge is 0.194 e. The van der Waals surface area contributed by atoms with Gasteiger partial charge in [-0.05, 0) is 37.1 Å². The summed E-state index contributed by atoms with van der Waals surface area (Å²) in [6, 6.07) is 6.42. The molecule has 1 N–H and O–H groups in total. The number of rotatable bonds is 9. The lowest BCUT2D eigenvalue weighted by Crippen LogP contribution is -2.39. The van der Waals surface area contributed by atoms with Crippen molar-refractivity contribution in [1.82, 2.24) is 20.0 Å². The Morgan fingerprint density at radius 3 is 2.48 bits per heavy atom. The molecule has 0 amide bonds. The van der Waals surface area contributed by atoms with Crippen molar-refractivity contribution in [3.63, 3.8) is 0 Å². The van der Waals surface area contributed by atoms with Gasteiger partial charge in [-0.2, -0.15) is 5.10 Å². The highest BCUT2D eigenvalue weighted by Crippen LogP contribution is 2.19. The molecule has 0 saturated heterocycles. The minimum atomic E-state index is -3.20. The SMILES string of the molecule is CCNC(=NCCOc1ccc(S(C)(=O)=O)cc1)N(C)Cc1cn(C)nc1C(C)C.I. The monoisotopic (exact) mass is 563 g/mol. The molecule has 1 aromatic carbocycles. The maximum Gasteiger partial charge on any atom is 0.194 e. The molecule has 2 aromatic rings. The van der Waals surface area contributed by atoms with Gasteiger partial charge in [-0.15, -0.1) is 24.0 Å². The molecule has 0 spiro atoms. The number of sulfone groups is 1. The van der Waals surface area contributed by atoms with Gasteiger partial charge in [0.2, 0.25) is 0 Å². The predicted molar refractivity (Wildman–Crippen MR) is 135 cm³/mol. The maximum absolute atomic E-state index is 11.5. The first kappa shape index (κ1) is 27.2. The zero-order valence-corrected chi connectivity index (χ0v) is 22.3. The van der Waals surface area contributed by atoms with Gasteiger partial charge >= 0.3 is 0 Å². The summed E-state index contributed by atoms with van der Waals surface area (Å²) in [6.45, 7) is 8.67. The van der Waals surface area contributed by atoms with Gasteiger partial charge in [-0.3, -0.25) is 4.68 Å². The molecule has 31 heavy (non-hydrogen) atoms. The van der Waals surface area contributed by atoms with E-state index in [1.54, 1.807) is 24.3 Å². The second kappa shape index (κ2) is 12.3. The van der Waals surface area contributed by atoms with Crippen LogP contribution in [0.2, 0.25) is 0 Å². The molecule has 0 fully saturated rings. The fourth-order valence-corrected chi connectivity index (χ4v) is 3.69. The van der Waals surface area contributed by atoms with Crippen LogP contribution in [0.4, 0.5) is 0 Å². The molecule has 10 heteroatoms. The highest BCUT2D eigenvalue weighted by molar-refractivity contribution is 14.0. The summed E-state index contributed by atoms with van der Waals surface area (Å²) in [7, 11) is 0.740. The van der Waals surface area contributed by atoms with Crippen LogP contribution in [0.1, 0.15) is 37.9 Å². The van der Waals surface area contributed by atoms with Crippen molar-refractivity contribution in [3.05, 3.63) is 41.7 Å². The first-order valence-corrected chi connectivity index (χ1v) is 12.0. The van der Waals surface area contributed by atoms with Gasteiger partial charge in [0.15, 0.2) is 15.8 Å². The standard InChI is InChI=1S/C21H33N5O3S.HI/c1-7-22-21(25(4)14-17-15-26(5)24-20(17)16(2)3)23-12-13-29-18-8-10-19(11-9-18)30(6,27)28;/h8-11,15-16H,7,12-14H2,1-6H3,(H,22,23);1H. The van der Waals surface area contributed by atoms with Crippen LogP contribution < -0.4 is 10.1 Å². The molecule has 0 aliphatic heterocycles. The van der Waals surface area contributed by atoms with Crippen molar-refractivity contribution in [1.29, 1.82) is 0 Å². The minimum absolute atomic E-state index is 0. The Morgan fingerprint density at radius 1 is 1.29 bits per heavy atom. The fourth-order valence-electron chi connectivity index (χ4n) is 3.06. The Kier molecular flexibility index (Phi) is 10.8. The fraction of sp³-hybridized carbons (Fsp3) is 0.524. The molecule has 8 nitrogen and oxygen atoms in total. The normalized spacial score (nSPS) is 11.9. The average Bonchev–Trinajstić information content (AvgIpc) is 3.04. The first-order chi connectivity index (χ1) is 14.1. The van der Waals surface area contributed by atoms with Crippen LogP contribution in [-0.2, 0) is 23.4 Å². The molecule has 174 valence electrons. The van der Waals surface area contributed by atoms with Gasteiger partial charge in [-0.1, -0.05) is 13.8 Å². The lowest BCUT2D eigenvalue weighted by atomic mass is 10.1. The molecular weight excluding hydrogens is 529 g/mol. The van der Waals surface area contributed by atoms with E-state index in [0.29, 0.717) is 31.4 Å². The quantitative estimate of drug-likeness (QED) is 0.219. The summed E-state index contributed by atoms with van der Waals surface area (Å²) in [5.41, 5.74) is 2.28. The Labute approximate surface area is 203 Å². The molecule has 0 radical (unpaired) electrons. The third-order valence-electron chi connectivity index (χ3n) is 4.46. The molecule has 2 rings (SSSR count). The zero-order valence-electron chi connectivity index (χ0n) is 19.1. The highest BCUT2D eigenvalue weighted by atomic mass is 127. The Hall–Kier alpha value is -1.82. The average molecular weight is 564 g/mol. The number of hydrogen-bond acceptors (Lipinski definition) is 5. The van der Waals surface area contributed by atoms with Crippen LogP contribution in [0.3, 0.4) is 0 Å². The third-order valence-corrected chi connectivity index (χ3v) is 5.59. The van der Waals surface area contributed by atoms with Crippen LogP contribution in [0.25, 0.3) is 0 Å². The summed E-state index contributed by atoms with van der Waals surface area (Å²) in [5, 5.41) is 7.88. The van der Waals surface area contributed by atoms with Crippen LogP contribution in [0, 0.1) is 0 Å². The Bertz CT molecular complexity index is 956. The molecule has 0 saturated carbocycles. The van der Waals surface area contributed by atoms with Crippen LogP contribution in [0.5, 0.6) is 5.75 Å². The van der Waals surface area contributed by atoms with Crippen LogP contribution in [-0.4, -0.2) is 62.1 Å². The van der Waals surface area contributed by atoms with E-state index in [1.807, 2.05) is 25.7 Å². The van der Waals surface area contributed by atoms with Crippen molar-refractivity contribution >= 4 is 39.8 Å². The van der Waals surface area contributed by atoms with E-state index < -0.39 is 9.84 Å². The van der Waals surface area contributed by atoms with E-state index in [9.17, 15) is 8.42 Å². The number of guanidine groups is 1. The van der Waals surface area contributed by atoms with Gasteiger partial charge in [-0.25, -0.2) is 13.4 Å². The number of aryl methyl sites for hydroxylation is 1. The second-order valence-electron chi connectivity index (χ2n) is 7.55. The van der Waals surface area contributed by atoms with E-state index in [4.69, 9.17) is 4.74 Å². The topological polar surface area (TPSA) is 88.8 Å². The number of aromatic nitrogens is 2. The van der Waals surface area contributed by atoms with Gasteiger partial charge in [0.05, 0.1) is 17.1 Å². The van der Waals surface area contributed by atoms with E-state index in [0.717, 1.165) is 18.2 Å². The molecule has 0 unspecified atom stereocenters. The van der Waals surface area contributed by atoms with Gasteiger partial charge in [0, 0.05) is 45.2 Å².